The topological polar surface area (TPSA) is 67.2 Å². The van der Waals surface area contributed by atoms with Gasteiger partial charge in [0.05, 0.1) is 16.8 Å². The molecule has 3 heterocycles. The summed E-state index contributed by atoms with van der Waals surface area (Å²) in [6, 6.07) is 9.51. The van der Waals surface area contributed by atoms with Crippen molar-refractivity contribution in [3.8, 4) is 0 Å². The number of rotatable bonds is 3. The Kier molecular flexibility index (Phi) is 4.92. The fraction of sp³-hybridized carbons (Fsp3) is 0.227. The fourth-order valence-corrected chi connectivity index (χ4v) is 4.50. The molecule has 0 aliphatic carbocycles. The first-order valence-corrected chi connectivity index (χ1v) is 10.2. The van der Waals surface area contributed by atoms with E-state index in [2.05, 4.69) is 10.3 Å². The molecule has 29 heavy (non-hydrogen) atoms. The third kappa shape index (κ3) is 3.31. The number of pyridine rings is 1. The van der Waals surface area contributed by atoms with Crippen LogP contribution >= 0.6 is 11.8 Å². The van der Waals surface area contributed by atoms with Crippen LogP contribution in [0, 0.1) is 13.8 Å². The molecule has 0 saturated heterocycles. The van der Waals surface area contributed by atoms with Gasteiger partial charge in [0.2, 0.25) is 5.78 Å². The highest BCUT2D eigenvalue weighted by Gasteiger charge is 2.29. The highest BCUT2D eigenvalue weighted by Crippen LogP contribution is 2.36. The van der Waals surface area contributed by atoms with Gasteiger partial charge in [0.25, 0.3) is 0 Å². The van der Waals surface area contributed by atoms with Gasteiger partial charge in [-0.3, -0.25) is 14.3 Å². The van der Waals surface area contributed by atoms with Crippen LogP contribution in [0.15, 0.2) is 53.8 Å². The number of carbonyl (C=O) groups is 2. The molecule has 0 fully saturated rings. The molecular formula is C22H22N4O2S. The second-order valence-corrected chi connectivity index (χ2v) is 8.28. The highest BCUT2D eigenvalue weighted by molar-refractivity contribution is 8.02. The number of amides is 1. The van der Waals surface area contributed by atoms with Gasteiger partial charge < -0.3 is 10.2 Å². The van der Waals surface area contributed by atoms with Crippen molar-refractivity contribution in [3.63, 3.8) is 0 Å². The fourth-order valence-electron chi connectivity index (χ4n) is 3.56. The predicted molar refractivity (Wildman–Crippen MR) is 116 cm³/mol. The number of thioether (sulfide) groups is 1. The maximum Gasteiger partial charge on any atom is 0.328 e. The van der Waals surface area contributed by atoms with Gasteiger partial charge >= 0.3 is 6.03 Å². The molecule has 1 aliphatic rings. The van der Waals surface area contributed by atoms with E-state index in [4.69, 9.17) is 0 Å². The monoisotopic (exact) mass is 406 g/mol. The van der Waals surface area contributed by atoms with Crippen molar-refractivity contribution >= 4 is 34.5 Å². The highest BCUT2D eigenvalue weighted by atomic mass is 32.2. The summed E-state index contributed by atoms with van der Waals surface area (Å²) < 4.78 is 1.61. The van der Waals surface area contributed by atoms with Crippen LogP contribution in [0.4, 0.5) is 4.79 Å². The summed E-state index contributed by atoms with van der Waals surface area (Å²) in [4.78, 5) is 31.9. The van der Waals surface area contributed by atoms with Gasteiger partial charge in [0.15, 0.2) is 0 Å². The quantitative estimate of drug-likeness (QED) is 0.659. The van der Waals surface area contributed by atoms with Crippen molar-refractivity contribution in [1.29, 1.82) is 0 Å². The molecule has 1 aromatic carbocycles. The van der Waals surface area contributed by atoms with E-state index in [9.17, 15) is 9.59 Å². The zero-order chi connectivity index (χ0) is 20.7. The normalized spacial score (nSPS) is 15.9. The molecule has 0 saturated carbocycles. The summed E-state index contributed by atoms with van der Waals surface area (Å²) in [6.45, 7) is 3.81. The van der Waals surface area contributed by atoms with Crippen LogP contribution in [0.1, 0.15) is 32.6 Å². The average molecular weight is 407 g/mol. The van der Waals surface area contributed by atoms with Gasteiger partial charge in [-0.25, -0.2) is 4.79 Å². The molecule has 1 unspecified atom stereocenters. The lowest BCUT2D eigenvalue weighted by Gasteiger charge is -2.14. The molecule has 6 nitrogen and oxygen atoms in total. The van der Waals surface area contributed by atoms with Gasteiger partial charge in [-0.15, -0.1) is 11.8 Å². The Morgan fingerprint density at radius 2 is 2.00 bits per heavy atom. The number of hydrogen-bond acceptors (Lipinski definition) is 5. The summed E-state index contributed by atoms with van der Waals surface area (Å²) in [5.41, 5.74) is 4.53. The lowest BCUT2D eigenvalue weighted by Crippen LogP contribution is -2.28. The molecular weight excluding hydrogens is 384 g/mol. The minimum Gasteiger partial charge on any atom is -0.366 e. The van der Waals surface area contributed by atoms with Crippen LogP contribution in [-0.2, 0) is 0 Å². The van der Waals surface area contributed by atoms with E-state index in [0.717, 1.165) is 22.0 Å². The molecule has 3 aromatic rings. The number of aryl methyl sites for hydroxylation is 1. The number of nitrogens with zero attached hydrogens (tertiary/aromatic N) is 3. The van der Waals surface area contributed by atoms with E-state index in [1.807, 2.05) is 49.6 Å². The van der Waals surface area contributed by atoms with Gasteiger partial charge in [0.1, 0.15) is 5.37 Å². The van der Waals surface area contributed by atoms with E-state index in [0.29, 0.717) is 17.0 Å². The molecule has 0 bridgehead atoms. The second-order valence-electron chi connectivity index (χ2n) is 7.30. The Labute approximate surface area is 173 Å². The molecule has 0 radical (unpaired) electrons. The zero-order valence-electron chi connectivity index (χ0n) is 16.8. The Morgan fingerprint density at radius 1 is 1.21 bits per heavy atom. The number of fused-ring (bicyclic) bond motifs is 1. The van der Waals surface area contributed by atoms with Crippen LogP contribution in [0.5, 0.6) is 0 Å². The predicted octanol–water partition coefficient (Wildman–Crippen LogP) is 4.24. The number of hydrogen-bond donors (Lipinski definition) is 1. The largest absolute Gasteiger partial charge is 0.366 e. The number of aromatic nitrogens is 2. The third-order valence-electron chi connectivity index (χ3n) is 5.00. The van der Waals surface area contributed by atoms with Crippen LogP contribution in [0.3, 0.4) is 0 Å². The maximum absolute atomic E-state index is 13.5. The zero-order valence-corrected chi connectivity index (χ0v) is 17.6. The van der Waals surface area contributed by atoms with Crippen molar-refractivity contribution < 1.29 is 9.59 Å². The van der Waals surface area contributed by atoms with Crippen molar-refractivity contribution in [2.24, 2.45) is 0 Å². The van der Waals surface area contributed by atoms with Crippen molar-refractivity contribution in [1.82, 2.24) is 19.8 Å². The van der Waals surface area contributed by atoms with Crippen molar-refractivity contribution in [2.45, 2.75) is 19.2 Å². The number of ketones is 1. The van der Waals surface area contributed by atoms with Gasteiger partial charge in [-0.05, 0) is 32.0 Å². The SMILES string of the molecule is Cc1ccc2c(c1)c(C(=O)C1=CSC(c3cccnc3)N1)c(C)n2C(=O)N(C)C. The lowest BCUT2D eigenvalue weighted by atomic mass is 10.0. The summed E-state index contributed by atoms with van der Waals surface area (Å²) in [7, 11) is 3.42. The lowest BCUT2D eigenvalue weighted by molar-refractivity contribution is 0.102. The van der Waals surface area contributed by atoms with E-state index < -0.39 is 0 Å². The molecule has 1 N–H and O–H groups in total. The molecule has 1 aliphatic heterocycles. The molecule has 0 spiro atoms. The van der Waals surface area contributed by atoms with Crippen LogP contribution < -0.4 is 5.32 Å². The third-order valence-corrected chi connectivity index (χ3v) is 6.03. The molecule has 148 valence electrons. The molecule has 4 rings (SSSR count). The Balaban J connectivity index is 1.76. The summed E-state index contributed by atoms with van der Waals surface area (Å²) in [5, 5.41) is 5.89. The Bertz CT molecular complexity index is 1150. The molecule has 7 heteroatoms. The number of nitrogens with one attached hydrogen (secondary N) is 1. The minimum atomic E-state index is -0.175. The first kappa shape index (κ1) is 19.3. The smallest absolute Gasteiger partial charge is 0.328 e. The van der Waals surface area contributed by atoms with Crippen LogP contribution in [0.25, 0.3) is 10.9 Å². The molecule has 1 amide bonds. The second kappa shape index (κ2) is 7.40. The number of carbonyl (C=O) groups excluding carboxylic acids is 2. The van der Waals surface area contributed by atoms with Crippen molar-refractivity contribution in [3.05, 3.63) is 76.2 Å². The standard InChI is InChI=1S/C22H22N4O2S/c1-13-7-8-18-16(10-13)19(14(2)26(18)22(28)25(3)4)20(27)17-12-29-21(24-17)15-6-5-9-23-11-15/h5-12,21,24H,1-4H3. The molecule has 2 aromatic heterocycles. The number of Topliss-reactive ketones (excluding diaryl/α,β-unsaturated/α-hetero) is 1. The van der Waals surface area contributed by atoms with Gasteiger partial charge in [-0.1, -0.05) is 17.7 Å². The van der Waals surface area contributed by atoms with E-state index in [1.54, 1.807) is 42.8 Å². The summed E-state index contributed by atoms with van der Waals surface area (Å²) >= 11 is 1.54. The van der Waals surface area contributed by atoms with Crippen LogP contribution in [-0.4, -0.2) is 40.4 Å². The van der Waals surface area contributed by atoms with E-state index in [1.165, 1.54) is 4.90 Å². The van der Waals surface area contributed by atoms with E-state index in [-0.39, 0.29) is 17.2 Å². The summed E-state index contributed by atoms with van der Waals surface area (Å²) in [5.74, 6) is -0.109. The van der Waals surface area contributed by atoms with Crippen molar-refractivity contribution in [2.75, 3.05) is 14.1 Å². The first-order valence-electron chi connectivity index (χ1n) is 9.28. The summed E-state index contributed by atoms with van der Waals surface area (Å²) in [6.07, 6.45) is 3.52. The Morgan fingerprint density at radius 3 is 2.69 bits per heavy atom. The maximum atomic E-state index is 13.5. The first-order chi connectivity index (χ1) is 13.9. The average Bonchev–Trinajstić information content (AvgIpc) is 3.30. The Hall–Kier alpha value is -3.06. The number of benzene rings is 1. The minimum absolute atomic E-state index is 0.0542. The van der Waals surface area contributed by atoms with Crippen LogP contribution in [0.2, 0.25) is 0 Å². The van der Waals surface area contributed by atoms with Gasteiger partial charge in [-0.2, -0.15) is 0 Å². The number of allylic oxidation sites excluding steroid dienone is 1. The van der Waals surface area contributed by atoms with Gasteiger partial charge in [0, 0.05) is 48.5 Å². The van der Waals surface area contributed by atoms with E-state index >= 15 is 0 Å². The molecule has 1 atom stereocenters.